The summed E-state index contributed by atoms with van der Waals surface area (Å²) in [5, 5.41) is 13.4. The molecule has 0 amide bonds. The van der Waals surface area contributed by atoms with Crippen molar-refractivity contribution in [2.75, 3.05) is 32.8 Å². The summed E-state index contributed by atoms with van der Waals surface area (Å²) in [7, 11) is -3.91. The topological polar surface area (TPSA) is 119 Å². The van der Waals surface area contributed by atoms with Crippen molar-refractivity contribution in [1.82, 2.24) is 9.88 Å². The molecule has 2 N–H and O–H groups in total. The van der Waals surface area contributed by atoms with Gasteiger partial charge in [-0.25, -0.2) is 18.5 Å². The summed E-state index contributed by atoms with van der Waals surface area (Å²) in [6, 6.07) is 4.71. The Hall–Kier alpha value is -1.44. The molecule has 1 aliphatic rings. The molecule has 1 aromatic rings. The van der Waals surface area contributed by atoms with Gasteiger partial charge >= 0.3 is 0 Å². The number of sulfonamides is 1. The Morgan fingerprint density at radius 2 is 2.36 bits per heavy atom. The Balaban J connectivity index is 1.95. The normalized spacial score (nSPS) is 19.6. The number of nitrogens with two attached hydrogens (primary N) is 1. The summed E-state index contributed by atoms with van der Waals surface area (Å²) in [6.45, 7) is 2.37. The molecule has 2 heterocycles. The summed E-state index contributed by atoms with van der Waals surface area (Å²) in [5.74, 6) is 0.179. The summed E-state index contributed by atoms with van der Waals surface area (Å²) >= 11 is 5.77. The third-order valence-electron chi connectivity index (χ3n) is 3.03. The van der Waals surface area contributed by atoms with Gasteiger partial charge in [-0.05, 0) is 6.07 Å². The lowest BCUT2D eigenvalue weighted by Crippen LogP contribution is -2.45. The van der Waals surface area contributed by atoms with E-state index in [0.29, 0.717) is 26.2 Å². The first-order valence-electron chi connectivity index (χ1n) is 6.43. The van der Waals surface area contributed by atoms with Gasteiger partial charge in [0.05, 0.1) is 19.2 Å². The van der Waals surface area contributed by atoms with Crippen molar-refractivity contribution in [3.05, 3.63) is 17.3 Å². The first-order valence-corrected chi connectivity index (χ1v) is 8.35. The monoisotopic (exact) mass is 346 g/mol. The minimum atomic E-state index is -3.91. The number of hydrogen-bond donors (Lipinski definition) is 1. The number of nitriles is 1. The van der Waals surface area contributed by atoms with Gasteiger partial charge in [-0.2, -0.15) is 5.26 Å². The fourth-order valence-corrected chi connectivity index (χ4v) is 3.01. The lowest BCUT2D eigenvalue weighted by atomic mass is 10.3. The highest BCUT2D eigenvalue weighted by Crippen LogP contribution is 2.21. The lowest BCUT2D eigenvalue weighted by molar-refractivity contribution is -0.0448. The standard InChI is InChI=1S/C12H15ClN4O4S/c13-12-10(22(15,18)19)1-2-11(16-12)21-8-9-7-17(4-3-14)5-6-20-9/h1-2,9H,4-8H2,(H2,15,18,19)/t9-/m1/s1. The molecular formula is C12H15ClN4O4S. The van der Waals surface area contributed by atoms with Crippen LogP contribution in [0.2, 0.25) is 5.15 Å². The zero-order chi connectivity index (χ0) is 16.2. The summed E-state index contributed by atoms with van der Waals surface area (Å²) < 4.78 is 33.4. The van der Waals surface area contributed by atoms with E-state index in [9.17, 15) is 8.42 Å². The van der Waals surface area contributed by atoms with Gasteiger partial charge in [0.25, 0.3) is 0 Å². The molecule has 1 saturated heterocycles. The zero-order valence-corrected chi connectivity index (χ0v) is 13.2. The van der Waals surface area contributed by atoms with Gasteiger partial charge in [0.15, 0.2) is 5.15 Å². The number of hydrogen-bond acceptors (Lipinski definition) is 7. The molecule has 0 radical (unpaired) electrons. The maximum absolute atomic E-state index is 11.2. The Labute approximate surface area is 133 Å². The molecule has 8 nitrogen and oxygen atoms in total. The van der Waals surface area contributed by atoms with Gasteiger partial charge in [0, 0.05) is 19.2 Å². The molecule has 0 unspecified atom stereocenters. The van der Waals surface area contributed by atoms with E-state index in [4.69, 9.17) is 31.5 Å². The van der Waals surface area contributed by atoms with Crippen molar-refractivity contribution in [3.8, 4) is 11.9 Å². The highest BCUT2D eigenvalue weighted by Gasteiger charge is 2.21. The number of primary sulfonamides is 1. The Morgan fingerprint density at radius 3 is 3.00 bits per heavy atom. The van der Waals surface area contributed by atoms with Crippen LogP contribution < -0.4 is 9.88 Å². The molecule has 0 aromatic carbocycles. The molecule has 0 aliphatic carbocycles. The molecule has 1 fully saturated rings. The molecule has 0 bridgehead atoms. The maximum Gasteiger partial charge on any atom is 0.241 e. The largest absolute Gasteiger partial charge is 0.475 e. The maximum atomic E-state index is 11.2. The highest BCUT2D eigenvalue weighted by atomic mass is 35.5. The van der Waals surface area contributed by atoms with Crippen LogP contribution in [0.5, 0.6) is 5.88 Å². The van der Waals surface area contributed by atoms with E-state index >= 15 is 0 Å². The van der Waals surface area contributed by atoms with Crippen LogP contribution in [0.1, 0.15) is 0 Å². The van der Waals surface area contributed by atoms with Gasteiger partial charge < -0.3 is 9.47 Å². The fraction of sp³-hybridized carbons (Fsp3) is 0.500. The molecule has 0 spiro atoms. The molecule has 22 heavy (non-hydrogen) atoms. The lowest BCUT2D eigenvalue weighted by Gasteiger charge is -2.30. The molecular weight excluding hydrogens is 332 g/mol. The van der Waals surface area contributed by atoms with Gasteiger partial charge in [-0.1, -0.05) is 11.6 Å². The van der Waals surface area contributed by atoms with E-state index in [-0.39, 0.29) is 28.6 Å². The Kier molecular flexibility index (Phi) is 5.55. The number of ether oxygens (including phenoxy) is 2. The van der Waals surface area contributed by atoms with Crippen LogP contribution in [0.15, 0.2) is 17.0 Å². The second-order valence-electron chi connectivity index (χ2n) is 4.68. The van der Waals surface area contributed by atoms with Crippen LogP contribution >= 0.6 is 11.6 Å². The average molecular weight is 347 g/mol. The van der Waals surface area contributed by atoms with Gasteiger partial charge in [0.1, 0.15) is 17.6 Å². The fourth-order valence-electron chi connectivity index (χ4n) is 2.00. The molecule has 1 aliphatic heterocycles. The minimum Gasteiger partial charge on any atom is -0.475 e. The van der Waals surface area contributed by atoms with E-state index in [1.54, 1.807) is 0 Å². The second kappa shape index (κ2) is 7.21. The van der Waals surface area contributed by atoms with E-state index in [1.165, 1.54) is 12.1 Å². The minimum absolute atomic E-state index is 0.179. The molecule has 10 heteroatoms. The van der Waals surface area contributed by atoms with Crippen LogP contribution in [0.4, 0.5) is 0 Å². The highest BCUT2D eigenvalue weighted by molar-refractivity contribution is 7.89. The third kappa shape index (κ3) is 4.53. The van der Waals surface area contributed by atoms with Crippen molar-refractivity contribution >= 4 is 21.6 Å². The molecule has 0 saturated carbocycles. The third-order valence-corrected chi connectivity index (χ3v) is 4.37. The smallest absolute Gasteiger partial charge is 0.241 e. The van der Waals surface area contributed by atoms with Crippen LogP contribution in [0.25, 0.3) is 0 Å². The van der Waals surface area contributed by atoms with E-state index in [0.717, 1.165) is 0 Å². The van der Waals surface area contributed by atoms with E-state index in [1.807, 2.05) is 4.90 Å². The molecule has 2 rings (SSSR count). The van der Waals surface area contributed by atoms with Crippen LogP contribution in [0.3, 0.4) is 0 Å². The number of nitrogens with zero attached hydrogens (tertiary/aromatic N) is 3. The number of rotatable bonds is 5. The summed E-state index contributed by atoms with van der Waals surface area (Å²) in [4.78, 5) is 5.55. The molecule has 1 aromatic heterocycles. The number of aromatic nitrogens is 1. The van der Waals surface area contributed by atoms with Gasteiger partial charge in [0.2, 0.25) is 15.9 Å². The number of halogens is 1. The Bertz CT molecular complexity index is 676. The summed E-state index contributed by atoms with van der Waals surface area (Å²) in [6.07, 6.45) is -0.194. The van der Waals surface area contributed by atoms with Crippen LogP contribution in [-0.4, -0.2) is 57.3 Å². The van der Waals surface area contributed by atoms with Crippen LogP contribution in [-0.2, 0) is 14.8 Å². The van der Waals surface area contributed by atoms with Gasteiger partial charge in [-0.15, -0.1) is 0 Å². The number of pyridine rings is 1. The van der Waals surface area contributed by atoms with E-state index in [2.05, 4.69) is 11.1 Å². The van der Waals surface area contributed by atoms with Crippen molar-refractivity contribution in [3.63, 3.8) is 0 Å². The van der Waals surface area contributed by atoms with Gasteiger partial charge in [-0.3, -0.25) is 4.90 Å². The molecule has 120 valence electrons. The Morgan fingerprint density at radius 1 is 1.59 bits per heavy atom. The van der Waals surface area contributed by atoms with Crippen molar-refractivity contribution < 1.29 is 17.9 Å². The van der Waals surface area contributed by atoms with E-state index < -0.39 is 10.0 Å². The second-order valence-corrected chi connectivity index (χ2v) is 6.57. The predicted octanol–water partition coefficient (Wildman–Crippen LogP) is -0.0144. The first kappa shape index (κ1) is 16.9. The average Bonchev–Trinajstić information content (AvgIpc) is 2.44. The summed E-state index contributed by atoms with van der Waals surface area (Å²) in [5.41, 5.74) is 0. The quantitative estimate of drug-likeness (QED) is 0.588. The predicted molar refractivity (Wildman–Crippen MR) is 77.9 cm³/mol. The van der Waals surface area contributed by atoms with Crippen molar-refractivity contribution in [1.29, 1.82) is 5.26 Å². The van der Waals surface area contributed by atoms with Crippen LogP contribution in [0, 0.1) is 11.3 Å². The molecule has 1 atom stereocenters. The number of morpholine rings is 1. The van der Waals surface area contributed by atoms with Crippen molar-refractivity contribution in [2.45, 2.75) is 11.0 Å². The SMILES string of the molecule is N#CCN1CCO[C@@H](COc2ccc(S(N)(=O)=O)c(Cl)n2)C1. The zero-order valence-electron chi connectivity index (χ0n) is 11.6. The van der Waals surface area contributed by atoms with Crippen molar-refractivity contribution in [2.24, 2.45) is 5.14 Å². The first-order chi connectivity index (χ1) is 10.4.